The van der Waals surface area contributed by atoms with Crippen molar-refractivity contribution in [3.05, 3.63) is 170 Å². The Morgan fingerprint density at radius 2 is 1.24 bits per heavy atom. The second-order valence-electron chi connectivity index (χ2n) is 27.0. The summed E-state index contributed by atoms with van der Waals surface area (Å²) < 4.78 is 45.2. The summed E-state index contributed by atoms with van der Waals surface area (Å²) in [6, 6.07) is 28.5. The third-order valence-electron chi connectivity index (χ3n) is 19.9. The van der Waals surface area contributed by atoms with Crippen molar-refractivity contribution in [1.29, 1.82) is 0 Å². The van der Waals surface area contributed by atoms with E-state index in [9.17, 15) is 47.7 Å². The lowest BCUT2D eigenvalue weighted by atomic mass is 9.78. The number of allylic oxidation sites excluding steroid dienone is 6. The Kier molecular flexibility index (Phi) is 23.0. The Bertz CT molecular complexity index is 4540. The molecule has 7 aliphatic rings. The van der Waals surface area contributed by atoms with Gasteiger partial charge in [0.05, 0.1) is 21.3 Å². The summed E-state index contributed by atoms with van der Waals surface area (Å²) in [5.74, 6) is -2.38. The average molecular weight is 1420 g/mol. The molecule has 0 spiro atoms. The van der Waals surface area contributed by atoms with E-state index in [-0.39, 0.29) is 64.0 Å². The van der Waals surface area contributed by atoms with Gasteiger partial charge in [0.15, 0.2) is 12.1 Å². The maximum Gasteiger partial charge on any atom is 0.370 e. The van der Waals surface area contributed by atoms with Crippen molar-refractivity contribution in [3.8, 4) is 11.5 Å². The number of hydrogen-bond acceptors (Lipinski definition) is 16. The highest BCUT2D eigenvalue weighted by Gasteiger charge is 2.42. The third-order valence-corrected chi connectivity index (χ3v) is 23.9. The molecule has 6 aliphatic heterocycles. The van der Waals surface area contributed by atoms with E-state index in [0.29, 0.717) is 90.8 Å². The first-order valence-electron chi connectivity index (χ1n) is 34.5. The van der Waals surface area contributed by atoms with Crippen LogP contribution in [0.4, 0.5) is 11.4 Å². The number of likely N-dealkylation sites (N-methyl/N-ethyl adjacent to an activating group) is 1. The summed E-state index contributed by atoms with van der Waals surface area (Å²) in [4.78, 5) is 115. The van der Waals surface area contributed by atoms with Gasteiger partial charge in [0.25, 0.3) is 23.6 Å². The molecule has 3 unspecified atom stereocenters. The minimum Gasteiger partial charge on any atom is -0.793 e. The van der Waals surface area contributed by atoms with Gasteiger partial charge >= 0.3 is 11.9 Å². The molecule has 1 aliphatic carbocycles. The quantitative estimate of drug-likeness (QED) is 0.0305. The van der Waals surface area contributed by atoms with Crippen LogP contribution in [0.25, 0.3) is 16.7 Å². The van der Waals surface area contributed by atoms with Gasteiger partial charge < -0.3 is 47.9 Å². The SMILES string of the molecule is C.C.CCN(CC)c1ccc2c(c1)P(=O)([O-])C1=CC(=[N+](CC)CC)C=CC1=C2c1ccc(OCCCCC(=O)ON2C(=O)CCC2=O)cc1.CCN1c2cc3c(cc2C(C)CC1(C)C)C(c1ccc(OCC(=O)ON2C(=O)CCC2=O)cc1)=c1cc2c(cc1P3(=O)[O-])=[N+](CC)C(C)(C)C=C2C. The van der Waals surface area contributed by atoms with Gasteiger partial charge in [-0.1, -0.05) is 52.1 Å². The van der Waals surface area contributed by atoms with E-state index < -0.39 is 56.9 Å². The first-order valence-corrected chi connectivity index (χ1v) is 37.7. The van der Waals surface area contributed by atoms with Gasteiger partial charge in [-0.2, -0.15) is 0 Å². The van der Waals surface area contributed by atoms with Crippen LogP contribution in [0.1, 0.15) is 189 Å². The van der Waals surface area contributed by atoms with Crippen molar-refractivity contribution in [2.45, 2.75) is 166 Å². The highest BCUT2D eigenvalue weighted by molar-refractivity contribution is 7.72. The Balaban J connectivity index is 0.000000232. The van der Waals surface area contributed by atoms with Crippen LogP contribution in [0.2, 0.25) is 0 Å². The number of benzene rings is 5. The predicted octanol–water partition coefficient (Wildman–Crippen LogP) is 9.63. The van der Waals surface area contributed by atoms with Gasteiger partial charge in [-0.25, -0.2) is 18.7 Å². The second-order valence-corrected chi connectivity index (χ2v) is 31.2. The summed E-state index contributed by atoms with van der Waals surface area (Å²) >= 11 is 0. The number of imide groups is 2. The third kappa shape index (κ3) is 14.7. The lowest BCUT2D eigenvalue weighted by Crippen LogP contribution is -2.53. The molecule has 6 heterocycles. The largest absolute Gasteiger partial charge is 0.793 e. The maximum atomic E-state index is 14.9. The molecule has 0 bridgehead atoms. The molecule has 12 rings (SSSR count). The summed E-state index contributed by atoms with van der Waals surface area (Å²) in [5, 5.41) is 3.90. The van der Waals surface area contributed by atoms with Gasteiger partial charge in [0.2, 0.25) is 11.1 Å². The predicted molar refractivity (Wildman–Crippen MR) is 393 cm³/mol. The van der Waals surface area contributed by atoms with Crippen LogP contribution >= 0.6 is 14.7 Å². The molecule has 5 aromatic rings. The number of hydrogen-bond donors (Lipinski definition) is 0. The fourth-order valence-corrected chi connectivity index (χ4v) is 18.8. The fraction of sp³-hybridized carbons (Fsp3) is 0.418. The van der Waals surface area contributed by atoms with Crippen LogP contribution in [-0.2, 0) is 47.6 Å². The minimum absolute atomic E-state index is 0. The molecular weight excluding hydrogens is 1320 g/mol. The monoisotopic (exact) mass is 1410 g/mol. The zero-order valence-electron chi connectivity index (χ0n) is 58.7. The molecule has 22 heteroatoms. The van der Waals surface area contributed by atoms with E-state index in [0.717, 1.165) is 101 Å². The van der Waals surface area contributed by atoms with Crippen molar-refractivity contribution in [2.24, 2.45) is 0 Å². The van der Waals surface area contributed by atoms with E-state index >= 15 is 0 Å². The summed E-state index contributed by atoms with van der Waals surface area (Å²) in [6.07, 6.45) is 10.1. The van der Waals surface area contributed by atoms with E-state index in [4.69, 9.17) is 19.1 Å². The molecular formula is C79H96N6O14P2. The standard InChI is InChI=1S/C41H46N3O7P.C36H42N3O7P.2CH4/c1-9-42-32-19-34-30(17-28(32)24(3)21-40(42,5)6)39(26-11-13-27(14-12-26)50-23-38(47)51-44-36(45)15-16-37(44)46)31-18-29-25(4)22-41(7,8)43(10-2)33(29)20-35(31)52(34,48)49;1-5-37(6-2)26-14-18-29-31(23-26)47(43,44)32-24-27(38(7-3)8-4)15-19-30(32)36(29)25-12-16-28(17-13-25)45-22-10-9-11-35(42)46-39-33(40)20-21-34(39)41;;/h11-14,17-21,25H,9-10,15-16,22-23H2,1-8H3;12-19,23-24H,5-11,20-22H2,1-4H3;2*1H4. The topological polar surface area (TPSA) is 239 Å². The molecule has 101 heavy (non-hydrogen) atoms. The van der Waals surface area contributed by atoms with Crippen LogP contribution in [0.5, 0.6) is 11.5 Å². The Morgan fingerprint density at radius 3 is 1.81 bits per heavy atom. The number of unbranched alkanes of at least 4 members (excludes halogenated alkanes) is 1. The summed E-state index contributed by atoms with van der Waals surface area (Å²) in [7, 11) is -8.51. The maximum absolute atomic E-state index is 14.9. The van der Waals surface area contributed by atoms with Crippen molar-refractivity contribution >= 4 is 100 Å². The lowest BCUT2D eigenvalue weighted by molar-refractivity contribution is -0.519. The van der Waals surface area contributed by atoms with Gasteiger partial charge in [0.1, 0.15) is 31.1 Å². The molecule has 0 saturated carbocycles. The first kappa shape index (κ1) is 76.4. The molecule has 3 atom stereocenters. The second kappa shape index (κ2) is 30.4. The molecule has 20 nitrogen and oxygen atoms in total. The van der Waals surface area contributed by atoms with Crippen LogP contribution in [0.3, 0.4) is 0 Å². The van der Waals surface area contributed by atoms with Crippen LogP contribution in [-0.4, -0.2) is 120 Å². The Morgan fingerprint density at radius 1 is 0.663 bits per heavy atom. The normalized spacial score (nSPS) is 20.4. The zero-order valence-corrected chi connectivity index (χ0v) is 60.4. The van der Waals surface area contributed by atoms with Crippen molar-refractivity contribution < 1.29 is 71.4 Å². The molecule has 0 N–H and O–H groups in total. The molecule has 0 aromatic heterocycles. The van der Waals surface area contributed by atoms with E-state index in [1.165, 1.54) is 0 Å². The van der Waals surface area contributed by atoms with Gasteiger partial charge in [0, 0.05) is 128 Å². The molecule has 4 amide bonds. The summed E-state index contributed by atoms with van der Waals surface area (Å²) in [5.41, 5.74) is 10.9. The smallest absolute Gasteiger partial charge is 0.370 e. The van der Waals surface area contributed by atoms with Gasteiger partial charge in [-0.3, -0.25) is 19.2 Å². The van der Waals surface area contributed by atoms with Crippen molar-refractivity contribution in [3.63, 3.8) is 0 Å². The van der Waals surface area contributed by atoms with E-state index in [2.05, 4.69) is 114 Å². The highest BCUT2D eigenvalue weighted by Crippen LogP contribution is 2.57. The van der Waals surface area contributed by atoms with Crippen molar-refractivity contribution in [2.75, 3.05) is 62.3 Å². The molecule has 536 valence electrons. The summed E-state index contributed by atoms with van der Waals surface area (Å²) in [6.45, 7) is 29.9. The Labute approximate surface area is 593 Å². The molecule has 5 aromatic carbocycles. The number of amides is 4. The number of fused-ring (bicyclic) bond motifs is 6. The average Bonchev–Trinajstić information content (AvgIpc) is 1.06. The van der Waals surface area contributed by atoms with Crippen molar-refractivity contribution in [1.82, 2.24) is 14.7 Å². The van der Waals surface area contributed by atoms with Crippen LogP contribution in [0, 0.1) is 0 Å². The Hall–Kier alpha value is -8.80. The van der Waals surface area contributed by atoms with E-state index in [1.54, 1.807) is 12.1 Å². The number of nitrogens with zero attached hydrogens (tertiary/aromatic N) is 6. The number of anilines is 2. The fourth-order valence-electron chi connectivity index (χ4n) is 15.1. The number of carbonyl (C=O) groups is 6. The number of hydroxylamine groups is 4. The number of carbonyl (C=O) groups excluding carboxylic acids is 6. The van der Waals surface area contributed by atoms with Crippen LogP contribution < -0.4 is 60.1 Å². The zero-order chi connectivity index (χ0) is 71.2. The van der Waals surface area contributed by atoms with E-state index in [1.807, 2.05) is 91.0 Å². The molecule has 0 radical (unpaired) electrons. The van der Waals surface area contributed by atoms with Crippen LogP contribution in [0.15, 0.2) is 126 Å². The minimum atomic E-state index is -4.34. The molecule has 2 fully saturated rings. The number of rotatable bonds is 20. The van der Waals surface area contributed by atoms with Gasteiger partial charge in [-0.15, -0.1) is 10.1 Å². The first-order chi connectivity index (χ1) is 47.1. The van der Waals surface area contributed by atoms with Gasteiger partial charge in [-0.05, 0) is 210 Å². The lowest BCUT2D eigenvalue weighted by Gasteiger charge is -2.48. The number of ether oxygens (including phenoxy) is 2. The highest BCUT2D eigenvalue weighted by atomic mass is 31.2. The molecule has 2 saturated heterocycles.